The number of fused-ring (bicyclic) bond motifs is 1. The van der Waals surface area contributed by atoms with Crippen LogP contribution in [0.15, 0.2) is 72.2 Å². The molecule has 0 atom stereocenters. The lowest BCUT2D eigenvalue weighted by atomic mass is 10.2. The average Bonchev–Trinajstić information content (AvgIpc) is 3.21. The minimum Gasteiger partial charge on any atom is -0.453 e. The van der Waals surface area contributed by atoms with E-state index >= 15 is 0 Å². The number of halogens is 1. The number of hydrogen-bond donors (Lipinski definition) is 1. The molecule has 29 heavy (non-hydrogen) atoms. The Morgan fingerprint density at radius 1 is 1.07 bits per heavy atom. The smallest absolute Gasteiger partial charge is 0.250 e. The van der Waals surface area contributed by atoms with Crippen LogP contribution in [0.25, 0.3) is 10.2 Å². The van der Waals surface area contributed by atoms with Crippen LogP contribution in [0.1, 0.15) is 5.56 Å². The Morgan fingerprint density at radius 3 is 2.76 bits per heavy atom. The van der Waals surface area contributed by atoms with Crippen molar-refractivity contribution in [3.63, 3.8) is 0 Å². The first kappa shape index (κ1) is 19.0. The van der Waals surface area contributed by atoms with Gasteiger partial charge in [0.2, 0.25) is 5.91 Å². The number of benzene rings is 2. The number of aromatic nitrogens is 1. The Hall–Kier alpha value is -3.29. The lowest BCUT2D eigenvalue weighted by Gasteiger charge is -2.10. The van der Waals surface area contributed by atoms with E-state index in [2.05, 4.69) is 10.3 Å². The van der Waals surface area contributed by atoms with E-state index in [9.17, 15) is 9.18 Å². The summed E-state index contributed by atoms with van der Waals surface area (Å²) < 4.78 is 26.4. The molecule has 2 aromatic heterocycles. The van der Waals surface area contributed by atoms with Gasteiger partial charge in [-0.25, -0.2) is 4.39 Å². The first-order valence-electron chi connectivity index (χ1n) is 8.90. The highest BCUT2D eigenvalue weighted by Gasteiger charge is 2.11. The van der Waals surface area contributed by atoms with Crippen molar-refractivity contribution in [1.29, 1.82) is 0 Å². The molecule has 0 saturated heterocycles. The maximum absolute atomic E-state index is 14.5. The minimum atomic E-state index is -0.575. The molecule has 0 spiro atoms. The number of carbonyl (C=O) groups is 1. The van der Waals surface area contributed by atoms with Crippen LogP contribution in [0.5, 0.6) is 11.5 Å². The second-order valence-electron chi connectivity index (χ2n) is 6.22. The normalized spacial score (nSPS) is 10.8. The number of hydrogen-bond acceptors (Lipinski definition) is 5. The molecule has 0 fully saturated rings. The molecule has 5 nitrogen and oxygen atoms in total. The average molecular weight is 408 g/mol. The summed E-state index contributed by atoms with van der Waals surface area (Å²) >= 11 is 1.48. The van der Waals surface area contributed by atoms with E-state index in [1.165, 1.54) is 23.5 Å². The van der Waals surface area contributed by atoms with Crippen molar-refractivity contribution < 1.29 is 18.7 Å². The summed E-state index contributed by atoms with van der Waals surface area (Å²) in [6.07, 6.45) is 1.62. The Kier molecular flexibility index (Phi) is 5.79. The fourth-order valence-corrected chi connectivity index (χ4v) is 3.54. The molecule has 0 aliphatic carbocycles. The topological polar surface area (TPSA) is 60.5 Å². The first-order chi connectivity index (χ1) is 14.2. The Bertz CT molecular complexity index is 1130. The summed E-state index contributed by atoms with van der Waals surface area (Å²) in [6, 6.07) is 17.4. The molecular formula is C22H17FN2O3S. The molecule has 2 aromatic carbocycles. The summed E-state index contributed by atoms with van der Waals surface area (Å²) in [4.78, 5) is 16.2. The molecule has 146 valence electrons. The Morgan fingerprint density at radius 2 is 1.93 bits per heavy atom. The molecule has 2 heterocycles. The summed E-state index contributed by atoms with van der Waals surface area (Å²) in [5.74, 6) is -0.322. The number of rotatable bonds is 7. The van der Waals surface area contributed by atoms with Gasteiger partial charge in [-0.2, -0.15) is 0 Å². The molecule has 1 N–H and O–H groups in total. The van der Waals surface area contributed by atoms with Gasteiger partial charge < -0.3 is 14.8 Å². The number of anilines is 1. The zero-order valence-corrected chi connectivity index (χ0v) is 16.1. The molecule has 4 aromatic rings. The highest BCUT2D eigenvalue weighted by molar-refractivity contribution is 7.17. The third-order valence-electron chi connectivity index (χ3n) is 4.09. The molecule has 7 heteroatoms. The van der Waals surface area contributed by atoms with Crippen molar-refractivity contribution in [2.75, 3.05) is 11.9 Å². The summed E-state index contributed by atoms with van der Waals surface area (Å²) in [5.41, 5.74) is 2.11. The van der Waals surface area contributed by atoms with Crippen LogP contribution in [0.4, 0.5) is 10.1 Å². The molecular weight excluding hydrogens is 391 g/mol. The molecule has 0 radical (unpaired) electrons. The van der Waals surface area contributed by atoms with Gasteiger partial charge >= 0.3 is 0 Å². The van der Waals surface area contributed by atoms with E-state index in [4.69, 9.17) is 9.47 Å². The van der Waals surface area contributed by atoms with Gasteiger partial charge in [-0.3, -0.25) is 9.78 Å². The Labute approximate surface area is 170 Å². The minimum absolute atomic E-state index is 0.0734. The van der Waals surface area contributed by atoms with Crippen LogP contribution in [0.3, 0.4) is 0 Å². The van der Waals surface area contributed by atoms with Crippen molar-refractivity contribution in [3.8, 4) is 11.5 Å². The predicted molar refractivity (Wildman–Crippen MR) is 111 cm³/mol. The standard InChI is InChI=1S/C22H17FN2O3S/c23-17-12-16(25-21(26)14-27-13-15-4-2-1-3-5-15)6-7-19(17)28-20-8-10-24-18-9-11-29-22(18)20/h1-12H,13-14H2,(H,25,26). The molecule has 0 aliphatic rings. The van der Waals surface area contributed by atoms with Crippen LogP contribution >= 0.6 is 11.3 Å². The maximum atomic E-state index is 14.5. The summed E-state index contributed by atoms with van der Waals surface area (Å²) in [5, 5.41) is 4.52. The molecule has 0 aliphatic heterocycles. The van der Waals surface area contributed by atoms with E-state index < -0.39 is 5.82 Å². The van der Waals surface area contributed by atoms with E-state index in [0.29, 0.717) is 18.0 Å². The molecule has 0 saturated carbocycles. The second-order valence-corrected chi connectivity index (χ2v) is 7.13. The van der Waals surface area contributed by atoms with Gasteiger partial charge in [0, 0.05) is 24.0 Å². The van der Waals surface area contributed by atoms with Gasteiger partial charge in [0.05, 0.1) is 16.8 Å². The van der Waals surface area contributed by atoms with Crippen LogP contribution in [0.2, 0.25) is 0 Å². The fraction of sp³-hybridized carbons (Fsp3) is 0.0909. The van der Waals surface area contributed by atoms with Crippen molar-refractivity contribution >= 4 is 33.1 Å². The SMILES string of the molecule is O=C(COCc1ccccc1)Nc1ccc(Oc2ccnc3ccsc23)c(F)c1. The lowest BCUT2D eigenvalue weighted by molar-refractivity contribution is -0.121. The lowest BCUT2D eigenvalue weighted by Crippen LogP contribution is -2.18. The van der Waals surface area contributed by atoms with Gasteiger partial charge in [0.15, 0.2) is 11.6 Å². The van der Waals surface area contributed by atoms with Crippen molar-refractivity contribution in [3.05, 3.63) is 83.6 Å². The fourth-order valence-electron chi connectivity index (χ4n) is 2.74. The zero-order chi connectivity index (χ0) is 20.1. The van der Waals surface area contributed by atoms with Crippen LogP contribution in [-0.2, 0) is 16.1 Å². The van der Waals surface area contributed by atoms with Crippen molar-refractivity contribution in [1.82, 2.24) is 4.98 Å². The molecule has 0 bridgehead atoms. The molecule has 4 rings (SSSR count). The van der Waals surface area contributed by atoms with E-state index in [1.807, 2.05) is 41.8 Å². The van der Waals surface area contributed by atoms with Gasteiger partial charge in [0.1, 0.15) is 12.4 Å². The zero-order valence-electron chi connectivity index (χ0n) is 15.3. The highest BCUT2D eigenvalue weighted by atomic mass is 32.1. The van der Waals surface area contributed by atoms with Crippen LogP contribution < -0.4 is 10.1 Å². The van der Waals surface area contributed by atoms with Gasteiger partial charge in [-0.05, 0) is 29.1 Å². The number of pyridine rings is 1. The first-order valence-corrected chi connectivity index (χ1v) is 9.78. The molecule has 0 unspecified atom stereocenters. The number of amides is 1. The quantitative estimate of drug-likeness (QED) is 0.446. The van der Waals surface area contributed by atoms with Crippen molar-refractivity contribution in [2.24, 2.45) is 0 Å². The van der Waals surface area contributed by atoms with E-state index in [-0.39, 0.29) is 18.3 Å². The second kappa shape index (κ2) is 8.81. The molecule has 1 amide bonds. The summed E-state index contributed by atoms with van der Waals surface area (Å²) in [7, 11) is 0. The number of ether oxygens (including phenoxy) is 2. The highest BCUT2D eigenvalue weighted by Crippen LogP contribution is 2.34. The number of nitrogens with zero attached hydrogens (tertiary/aromatic N) is 1. The van der Waals surface area contributed by atoms with Gasteiger partial charge in [-0.1, -0.05) is 30.3 Å². The largest absolute Gasteiger partial charge is 0.453 e. The maximum Gasteiger partial charge on any atom is 0.250 e. The van der Waals surface area contributed by atoms with E-state index in [1.54, 1.807) is 18.3 Å². The van der Waals surface area contributed by atoms with Crippen LogP contribution in [0, 0.1) is 5.82 Å². The Balaban J connectivity index is 1.35. The predicted octanol–water partition coefficient (Wildman–Crippen LogP) is 5.38. The third kappa shape index (κ3) is 4.77. The number of thiophene rings is 1. The van der Waals surface area contributed by atoms with Gasteiger partial charge in [0.25, 0.3) is 0 Å². The van der Waals surface area contributed by atoms with Gasteiger partial charge in [-0.15, -0.1) is 11.3 Å². The monoisotopic (exact) mass is 408 g/mol. The number of carbonyl (C=O) groups excluding carboxylic acids is 1. The van der Waals surface area contributed by atoms with Crippen LogP contribution in [-0.4, -0.2) is 17.5 Å². The number of nitrogens with one attached hydrogen (secondary N) is 1. The van der Waals surface area contributed by atoms with Crippen molar-refractivity contribution in [2.45, 2.75) is 6.61 Å². The third-order valence-corrected chi connectivity index (χ3v) is 5.01. The van der Waals surface area contributed by atoms with E-state index in [0.717, 1.165) is 15.8 Å². The summed E-state index contributed by atoms with van der Waals surface area (Å²) in [6.45, 7) is 0.209.